The van der Waals surface area contributed by atoms with Crippen LogP contribution in [0.3, 0.4) is 0 Å². The summed E-state index contributed by atoms with van der Waals surface area (Å²) in [6, 6.07) is 1.25. The number of benzene rings is 1. The normalized spacial score (nSPS) is 12.6. The minimum Gasteiger partial charge on any atom is -0.374 e. The highest BCUT2D eigenvalue weighted by molar-refractivity contribution is 5.63. The molecule has 0 aliphatic rings. The predicted molar refractivity (Wildman–Crippen MR) is 65.6 cm³/mol. The third-order valence-corrected chi connectivity index (χ3v) is 2.81. The Balaban J connectivity index is 3.18. The molecule has 1 atom stereocenters. The zero-order valence-electron chi connectivity index (χ0n) is 10.5. The van der Waals surface area contributed by atoms with Gasteiger partial charge in [0.05, 0.1) is 11.0 Å². The molecule has 0 saturated carbocycles. The van der Waals surface area contributed by atoms with Crippen molar-refractivity contribution in [3.63, 3.8) is 0 Å². The molecule has 0 fully saturated rings. The molecule has 1 aromatic carbocycles. The number of anilines is 1. The highest BCUT2D eigenvalue weighted by Gasteiger charge is 2.23. The topological polar surface area (TPSA) is 55.2 Å². The van der Waals surface area contributed by atoms with E-state index in [1.54, 1.807) is 0 Å². The van der Waals surface area contributed by atoms with E-state index in [1.165, 1.54) is 0 Å². The number of nitro groups is 1. The quantitative estimate of drug-likeness (QED) is 0.646. The van der Waals surface area contributed by atoms with Gasteiger partial charge in [0.15, 0.2) is 5.82 Å². The number of nitrogens with one attached hydrogen (secondary N) is 1. The predicted octanol–water partition coefficient (Wildman–Crippen LogP) is 3.72. The van der Waals surface area contributed by atoms with Crippen LogP contribution < -0.4 is 5.32 Å². The lowest BCUT2D eigenvalue weighted by atomic mass is 10.0. The standard InChI is InChI=1S/C12H16F2N2O2/c1-4-10(7(2)3)15-12-9(14)5-8(13)6-11(12)16(17)18/h5-7,10,15H,4H2,1-3H3. The Hall–Kier alpha value is -1.72. The summed E-state index contributed by atoms with van der Waals surface area (Å²) in [6.07, 6.45) is 0.686. The highest BCUT2D eigenvalue weighted by atomic mass is 19.1. The van der Waals surface area contributed by atoms with Gasteiger partial charge in [-0.3, -0.25) is 10.1 Å². The van der Waals surface area contributed by atoms with Crippen LogP contribution in [-0.2, 0) is 0 Å². The fraction of sp³-hybridized carbons (Fsp3) is 0.500. The second kappa shape index (κ2) is 5.75. The van der Waals surface area contributed by atoms with Crippen molar-refractivity contribution in [2.24, 2.45) is 5.92 Å². The van der Waals surface area contributed by atoms with Crippen molar-refractivity contribution < 1.29 is 13.7 Å². The summed E-state index contributed by atoms with van der Waals surface area (Å²) in [4.78, 5) is 10.0. The van der Waals surface area contributed by atoms with Crippen molar-refractivity contribution >= 4 is 11.4 Å². The van der Waals surface area contributed by atoms with Crippen LogP contribution in [0.25, 0.3) is 0 Å². The third kappa shape index (κ3) is 3.15. The summed E-state index contributed by atoms with van der Waals surface area (Å²) in [7, 11) is 0. The number of nitrogens with zero attached hydrogens (tertiary/aromatic N) is 1. The number of nitro benzene ring substituents is 1. The van der Waals surface area contributed by atoms with Crippen LogP contribution in [0.2, 0.25) is 0 Å². The molecule has 6 heteroatoms. The molecule has 1 rings (SSSR count). The minimum atomic E-state index is -0.956. The Morgan fingerprint density at radius 1 is 1.39 bits per heavy atom. The van der Waals surface area contributed by atoms with E-state index in [0.717, 1.165) is 6.07 Å². The molecular formula is C12H16F2N2O2. The first-order valence-corrected chi connectivity index (χ1v) is 5.76. The Morgan fingerprint density at radius 2 is 2.00 bits per heavy atom. The van der Waals surface area contributed by atoms with Gasteiger partial charge in [-0.25, -0.2) is 8.78 Å². The van der Waals surface area contributed by atoms with Crippen LogP contribution in [0, 0.1) is 27.7 Å². The summed E-state index contributed by atoms with van der Waals surface area (Å²) in [6.45, 7) is 5.74. The maximum Gasteiger partial charge on any atom is 0.298 e. The second-order valence-electron chi connectivity index (χ2n) is 4.44. The van der Waals surface area contributed by atoms with Crippen molar-refractivity contribution in [3.8, 4) is 0 Å². The fourth-order valence-corrected chi connectivity index (χ4v) is 1.77. The summed E-state index contributed by atoms with van der Waals surface area (Å²) in [5, 5.41) is 13.6. The lowest BCUT2D eigenvalue weighted by Crippen LogP contribution is -2.25. The van der Waals surface area contributed by atoms with Gasteiger partial charge < -0.3 is 5.32 Å². The average molecular weight is 258 g/mol. The zero-order chi connectivity index (χ0) is 13.9. The molecule has 0 amide bonds. The molecule has 1 aromatic rings. The first-order valence-electron chi connectivity index (χ1n) is 5.76. The Kier molecular flexibility index (Phi) is 4.58. The van der Waals surface area contributed by atoms with Crippen LogP contribution in [0.15, 0.2) is 12.1 Å². The van der Waals surface area contributed by atoms with Crippen LogP contribution in [0.1, 0.15) is 27.2 Å². The number of hydrogen-bond donors (Lipinski definition) is 1. The summed E-state index contributed by atoms with van der Waals surface area (Å²) < 4.78 is 26.6. The summed E-state index contributed by atoms with van der Waals surface area (Å²) in [5.74, 6) is -1.72. The van der Waals surface area contributed by atoms with Gasteiger partial charge in [0.1, 0.15) is 11.5 Å². The molecule has 0 aromatic heterocycles. The molecule has 4 nitrogen and oxygen atoms in total. The molecule has 0 saturated heterocycles. The van der Waals surface area contributed by atoms with E-state index in [1.807, 2.05) is 20.8 Å². The van der Waals surface area contributed by atoms with Crippen molar-refractivity contribution in [2.45, 2.75) is 33.2 Å². The van der Waals surface area contributed by atoms with Crippen LogP contribution in [0.5, 0.6) is 0 Å². The average Bonchev–Trinajstić information content (AvgIpc) is 2.26. The molecule has 18 heavy (non-hydrogen) atoms. The SMILES string of the molecule is CCC(Nc1c(F)cc(F)cc1[N+](=O)[O-])C(C)C. The molecule has 0 bridgehead atoms. The number of rotatable bonds is 5. The van der Waals surface area contributed by atoms with Gasteiger partial charge in [-0.2, -0.15) is 0 Å². The maximum atomic E-state index is 13.6. The Labute approximate surface area is 104 Å². The Morgan fingerprint density at radius 3 is 2.44 bits per heavy atom. The van der Waals surface area contributed by atoms with E-state index < -0.39 is 22.2 Å². The summed E-state index contributed by atoms with van der Waals surface area (Å²) >= 11 is 0. The van der Waals surface area contributed by atoms with E-state index in [0.29, 0.717) is 12.5 Å². The van der Waals surface area contributed by atoms with E-state index in [9.17, 15) is 18.9 Å². The summed E-state index contributed by atoms with van der Waals surface area (Å²) in [5.41, 5.74) is -0.825. The van der Waals surface area contributed by atoms with E-state index in [4.69, 9.17) is 0 Å². The molecule has 0 aliphatic heterocycles. The van der Waals surface area contributed by atoms with Gasteiger partial charge in [0, 0.05) is 12.1 Å². The molecule has 0 aliphatic carbocycles. The molecule has 1 N–H and O–H groups in total. The molecule has 0 spiro atoms. The lowest BCUT2D eigenvalue weighted by Gasteiger charge is -2.22. The van der Waals surface area contributed by atoms with Gasteiger partial charge in [-0.05, 0) is 12.3 Å². The van der Waals surface area contributed by atoms with E-state index in [-0.39, 0.29) is 17.6 Å². The van der Waals surface area contributed by atoms with Crippen molar-refractivity contribution in [1.29, 1.82) is 0 Å². The van der Waals surface area contributed by atoms with Gasteiger partial charge in [0.25, 0.3) is 5.69 Å². The molecule has 1 unspecified atom stereocenters. The van der Waals surface area contributed by atoms with Crippen molar-refractivity contribution in [3.05, 3.63) is 33.9 Å². The van der Waals surface area contributed by atoms with Crippen LogP contribution in [0.4, 0.5) is 20.2 Å². The van der Waals surface area contributed by atoms with Crippen molar-refractivity contribution in [1.82, 2.24) is 0 Å². The van der Waals surface area contributed by atoms with Crippen molar-refractivity contribution in [2.75, 3.05) is 5.32 Å². The fourth-order valence-electron chi connectivity index (χ4n) is 1.77. The monoisotopic (exact) mass is 258 g/mol. The lowest BCUT2D eigenvalue weighted by molar-refractivity contribution is -0.384. The van der Waals surface area contributed by atoms with E-state index in [2.05, 4.69) is 5.32 Å². The van der Waals surface area contributed by atoms with Gasteiger partial charge in [-0.1, -0.05) is 20.8 Å². The first-order chi connectivity index (χ1) is 8.36. The molecular weight excluding hydrogens is 242 g/mol. The first kappa shape index (κ1) is 14.3. The minimum absolute atomic E-state index is 0.108. The Bertz CT molecular complexity index is 450. The second-order valence-corrected chi connectivity index (χ2v) is 4.44. The number of hydrogen-bond acceptors (Lipinski definition) is 3. The van der Waals surface area contributed by atoms with Crippen LogP contribution >= 0.6 is 0 Å². The van der Waals surface area contributed by atoms with E-state index >= 15 is 0 Å². The molecule has 0 radical (unpaired) electrons. The largest absolute Gasteiger partial charge is 0.374 e. The number of halogens is 2. The zero-order valence-corrected chi connectivity index (χ0v) is 10.5. The van der Waals surface area contributed by atoms with Gasteiger partial charge in [0.2, 0.25) is 0 Å². The third-order valence-electron chi connectivity index (χ3n) is 2.81. The smallest absolute Gasteiger partial charge is 0.298 e. The van der Waals surface area contributed by atoms with Gasteiger partial charge in [-0.15, -0.1) is 0 Å². The highest BCUT2D eigenvalue weighted by Crippen LogP contribution is 2.30. The molecule has 0 heterocycles. The molecule has 100 valence electrons. The van der Waals surface area contributed by atoms with Crippen LogP contribution in [-0.4, -0.2) is 11.0 Å². The maximum absolute atomic E-state index is 13.6. The van der Waals surface area contributed by atoms with Gasteiger partial charge >= 0.3 is 0 Å².